The van der Waals surface area contributed by atoms with Gasteiger partial charge in [0.15, 0.2) is 16.1 Å². The summed E-state index contributed by atoms with van der Waals surface area (Å²) in [5, 5.41) is 10.3. The highest BCUT2D eigenvalue weighted by molar-refractivity contribution is 7.20. The van der Waals surface area contributed by atoms with Gasteiger partial charge in [-0.15, -0.1) is 0 Å². The molecule has 5 nitrogen and oxygen atoms in total. The monoisotopic (exact) mass is 1450 g/mol. The molecular weight excluding hydrogens is 1390 g/mol. The van der Waals surface area contributed by atoms with Crippen LogP contribution < -0.4 is 50.8 Å². The fraction of sp³-hybridized carbons (Fsp3) is 0.0870. The number of ether oxygens (including phenoxy) is 1. The molecule has 15 heteroatoms. The third-order valence-corrected chi connectivity index (χ3v) is 30.7. The zero-order valence-electron chi connectivity index (χ0n) is 58.1. The summed E-state index contributed by atoms with van der Waals surface area (Å²) in [7, 11) is -6.64. The SMILES string of the molecule is CC(C)(C)c1ccnc(-n2c3ccccc3c3ccc(Oc4cccc(-n5[c-][n+](-c6c(-c7cccc([Si](c8ccccc8)(c8ccccc8)c8ccccc8)c7)cccc6-c6cccc([Si](c7ccccc7)(c7ccccc7)c7ccccc7)c6)c6cc7c(cc65)C(F)(F)C(F)(F)C(F)(F)C7(F)F)c4)cc32)c1. The number of para-hydroxylation sites is 2. The fourth-order valence-electron chi connectivity index (χ4n) is 16.1. The summed E-state index contributed by atoms with van der Waals surface area (Å²) in [4.78, 5) is 4.85. The summed E-state index contributed by atoms with van der Waals surface area (Å²) in [6.45, 7) is 6.40. The molecule has 0 fully saturated rings. The molecule has 0 atom stereocenters. The van der Waals surface area contributed by atoms with Gasteiger partial charge in [0.2, 0.25) is 0 Å². The first-order valence-corrected chi connectivity index (χ1v) is 39.3. The molecule has 0 spiro atoms. The average Bonchev–Trinajstić information content (AvgIpc) is 1.59. The van der Waals surface area contributed by atoms with Gasteiger partial charge >= 0.3 is 23.7 Å². The molecule has 0 amide bonds. The Hall–Kier alpha value is -12.0. The van der Waals surface area contributed by atoms with E-state index >= 15 is 35.1 Å². The van der Waals surface area contributed by atoms with Gasteiger partial charge in [-0.05, 0) is 135 Å². The minimum absolute atomic E-state index is 0.157. The lowest BCUT2D eigenvalue weighted by Gasteiger charge is -2.43. The Labute approximate surface area is 615 Å². The highest BCUT2D eigenvalue weighted by atomic mass is 28.3. The number of benzene rings is 13. The van der Waals surface area contributed by atoms with Gasteiger partial charge in [0.05, 0.1) is 33.4 Å². The van der Waals surface area contributed by atoms with Crippen LogP contribution in [0.4, 0.5) is 35.1 Å². The Morgan fingerprint density at radius 3 is 1.28 bits per heavy atom. The second-order valence-electron chi connectivity index (χ2n) is 28.3. The Kier molecular flexibility index (Phi) is 16.5. The molecule has 0 saturated heterocycles. The van der Waals surface area contributed by atoms with Crippen molar-refractivity contribution in [2.45, 2.75) is 49.9 Å². The van der Waals surface area contributed by atoms with Crippen molar-refractivity contribution in [3.05, 3.63) is 369 Å². The van der Waals surface area contributed by atoms with Gasteiger partial charge in [0, 0.05) is 34.2 Å². The van der Waals surface area contributed by atoms with Crippen molar-refractivity contribution in [2.75, 3.05) is 0 Å². The number of aromatic nitrogens is 4. The zero-order valence-corrected chi connectivity index (χ0v) is 60.1. The summed E-state index contributed by atoms with van der Waals surface area (Å²) in [6, 6.07) is 109. The molecular formula is C92H66F8N4OSi2. The van der Waals surface area contributed by atoms with Crippen molar-refractivity contribution >= 4 is 90.5 Å². The molecule has 3 heterocycles. The van der Waals surface area contributed by atoms with E-state index in [1.807, 2.05) is 200 Å². The van der Waals surface area contributed by atoms with E-state index in [2.05, 4.69) is 135 Å². The lowest BCUT2D eigenvalue weighted by atomic mass is 9.80. The van der Waals surface area contributed by atoms with Crippen LogP contribution in [0.1, 0.15) is 37.5 Å². The first-order valence-electron chi connectivity index (χ1n) is 35.3. The van der Waals surface area contributed by atoms with Crippen LogP contribution in [0.25, 0.3) is 72.3 Å². The van der Waals surface area contributed by atoms with E-state index in [9.17, 15) is 0 Å². The highest BCUT2D eigenvalue weighted by Crippen LogP contribution is 2.65. The number of nitrogens with zero attached hydrogens (tertiary/aromatic N) is 4. The number of rotatable bonds is 15. The standard InChI is InChI=1S/C92H66F8N4OSi2/c1-88(2,3)64-52-53-101-86(56-64)104-82-49-23-22-46-78(82)79-51-50-67(58-83(79)104)105-66-31-26-30-65(57-66)102-61-103(85-60-81-80(59-84(85)102)89(93,94)91(97,98)92(99,100)90(81,95)96)87-76(62-28-24-44-74(54-62)106(68-32-10-4-11-33-68,69-34-12-5-13-35-69)70-36-14-6-15-37-70)47-27-48-77(87)63-29-25-45-75(55-63)107(71-38-16-7-17-39-71,72-40-18-8-19-41-72)73-42-20-9-21-43-73/h4-60H,1-3H3. The summed E-state index contributed by atoms with van der Waals surface area (Å²) < 4.78 is 144. The van der Waals surface area contributed by atoms with Gasteiger partial charge in [-0.2, -0.15) is 35.1 Å². The van der Waals surface area contributed by atoms with Crippen LogP contribution in [-0.4, -0.2) is 42.1 Å². The number of fused-ring (bicyclic) bond motifs is 5. The lowest BCUT2D eigenvalue weighted by Crippen LogP contribution is -2.74. The Bertz CT molecular complexity index is 5670. The minimum atomic E-state index is -6.56. The molecule has 1 aliphatic rings. The van der Waals surface area contributed by atoms with Crippen molar-refractivity contribution in [3.63, 3.8) is 0 Å². The smallest absolute Gasteiger partial charge is 0.382 e. The maximum atomic E-state index is 17.0. The van der Waals surface area contributed by atoms with Gasteiger partial charge in [0.25, 0.3) is 6.33 Å². The quantitative estimate of drug-likeness (QED) is 0.0337. The van der Waals surface area contributed by atoms with Crippen molar-refractivity contribution in [1.82, 2.24) is 14.1 Å². The third-order valence-electron chi connectivity index (χ3n) is 21.2. The Balaban J connectivity index is 0.934. The number of halogens is 8. The van der Waals surface area contributed by atoms with Gasteiger partial charge in [-0.1, -0.05) is 294 Å². The van der Waals surface area contributed by atoms with Crippen LogP contribution in [0, 0.1) is 6.33 Å². The van der Waals surface area contributed by atoms with E-state index in [4.69, 9.17) is 9.72 Å². The molecule has 524 valence electrons. The second kappa shape index (κ2) is 25.9. The summed E-state index contributed by atoms with van der Waals surface area (Å²) in [5.41, 5.74) is 0.610. The van der Waals surface area contributed by atoms with Crippen molar-refractivity contribution in [3.8, 4) is 50.9 Å². The molecule has 1 aliphatic carbocycles. The van der Waals surface area contributed by atoms with E-state index in [0.717, 1.165) is 68.9 Å². The van der Waals surface area contributed by atoms with Crippen molar-refractivity contribution in [1.29, 1.82) is 0 Å². The van der Waals surface area contributed by atoms with E-state index in [0.29, 0.717) is 46.0 Å². The molecule has 0 N–H and O–H groups in total. The van der Waals surface area contributed by atoms with Crippen LogP contribution >= 0.6 is 0 Å². The van der Waals surface area contributed by atoms with Crippen LogP contribution in [0.3, 0.4) is 0 Å². The number of hydrogen-bond acceptors (Lipinski definition) is 2. The van der Waals surface area contributed by atoms with Gasteiger partial charge < -0.3 is 4.74 Å². The normalized spacial score (nSPS) is 14.6. The van der Waals surface area contributed by atoms with Crippen LogP contribution in [0.2, 0.25) is 0 Å². The maximum Gasteiger partial charge on any atom is 0.382 e. The van der Waals surface area contributed by atoms with E-state index in [-0.39, 0.29) is 33.6 Å². The predicted molar refractivity (Wildman–Crippen MR) is 417 cm³/mol. The first-order chi connectivity index (χ1) is 51.7. The highest BCUT2D eigenvalue weighted by Gasteiger charge is 2.85. The molecule has 107 heavy (non-hydrogen) atoms. The topological polar surface area (TPSA) is 35.9 Å². The average molecular weight is 1450 g/mol. The zero-order chi connectivity index (χ0) is 73.7. The van der Waals surface area contributed by atoms with E-state index < -0.39 is 51.0 Å². The minimum Gasteiger partial charge on any atom is -0.458 e. The van der Waals surface area contributed by atoms with Gasteiger partial charge in [-0.25, -0.2) is 4.98 Å². The van der Waals surface area contributed by atoms with E-state index in [1.54, 1.807) is 30.5 Å². The molecule has 0 aliphatic heterocycles. The molecule has 3 aromatic heterocycles. The van der Waals surface area contributed by atoms with Crippen molar-refractivity contribution < 1.29 is 44.4 Å². The summed E-state index contributed by atoms with van der Waals surface area (Å²) >= 11 is 0. The number of pyridine rings is 1. The fourth-order valence-corrected chi connectivity index (χ4v) is 25.7. The summed E-state index contributed by atoms with van der Waals surface area (Å²) in [6.07, 6.45) is 5.19. The van der Waals surface area contributed by atoms with Gasteiger partial charge in [0.1, 0.15) is 17.3 Å². The lowest BCUT2D eigenvalue weighted by molar-refractivity contribution is -0.571. The summed E-state index contributed by atoms with van der Waals surface area (Å²) in [5.74, 6) is -23.5. The molecule has 17 rings (SSSR count). The van der Waals surface area contributed by atoms with Crippen molar-refractivity contribution in [2.24, 2.45) is 0 Å². The van der Waals surface area contributed by atoms with E-state index in [1.165, 1.54) is 9.13 Å². The van der Waals surface area contributed by atoms with Crippen LogP contribution in [-0.2, 0) is 17.3 Å². The largest absolute Gasteiger partial charge is 0.458 e. The molecule has 16 aromatic rings. The molecule has 0 bridgehead atoms. The second-order valence-corrected chi connectivity index (χ2v) is 35.9. The van der Waals surface area contributed by atoms with Crippen LogP contribution in [0.5, 0.6) is 11.5 Å². The molecule has 13 aromatic carbocycles. The third kappa shape index (κ3) is 10.8. The number of hydrogen-bond donors (Lipinski definition) is 0. The van der Waals surface area contributed by atoms with Crippen LogP contribution in [0.15, 0.2) is 346 Å². The molecule has 0 saturated carbocycles. The maximum absolute atomic E-state index is 17.0. The Morgan fingerprint density at radius 2 is 0.794 bits per heavy atom. The first kappa shape index (κ1) is 68.1. The number of alkyl halides is 8. The van der Waals surface area contributed by atoms with Gasteiger partial charge in [-0.3, -0.25) is 13.7 Å². The number of imidazole rings is 1. The Morgan fingerprint density at radius 1 is 0.374 bits per heavy atom. The molecule has 0 radical (unpaired) electrons. The predicted octanol–water partition coefficient (Wildman–Crippen LogP) is 17.8. The molecule has 0 unspecified atom stereocenters.